The fraction of sp³-hybridized carbons (Fsp3) is 0.562. The van der Waals surface area contributed by atoms with Gasteiger partial charge in [0.05, 0.1) is 6.10 Å². The van der Waals surface area contributed by atoms with Gasteiger partial charge in [-0.15, -0.1) is 0 Å². The molecule has 2 N–H and O–H groups in total. The Hall–Kier alpha value is -1.55. The number of hydrogen-bond acceptors (Lipinski definition) is 3. The molecule has 1 saturated carbocycles. The van der Waals surface area contributed by atoms with E-state index in [1.165, 1.54) is 12.8 Å². The Morgan fingerprint density at radius 2 is 2.00 bits per heavy atom. The van der Waals surface area contributed by atoms with E-state index in [-0.39, 0.29) is 12.5 Å². The Morgan fingerprint density at radius 3 is 2.60 bits per heavy atom. The summed E-state index contributed by atoms with van der Waals surface area (Å²) in [6, 6.07) is 7.57. The number of aliphatic hydroxyl groups excluding tert-OH is 1. The SMILES string of the molecule is CC[C@@H](O)c1ccc(OCC(=O)NC2CCCC2)cc1. The minimum Gasteiger partial charge on any atom is -0.484 e. The van der Waals surface area contributed by atoms with E-state index in [0.29, 0.717) is 18.2 Å². The van der Waals surface area contributed by atoms with E-state index in [1.807, 2.05) is 19.1 Å². The molecule has 110 valence electrons. The van der Waals surface area contributed by atoms with Gasteiger partial charge >= 0.3 is 0 Å². The van der Waals surface area contributed by atoms with Crippen LogP contribution in [0, 0.1) is 0 Å². The highest BCUT2D eigenvalue weighted by Crippen LogP contribution is 2.20. The van der Waals surface area contributed by atoms with Crippen LogP contribution in [0.4, 0.5) is 0 Å². The lowest BCUT2D eigenvalue weighted by Gasteiger charge is -2.13. The molecule has 0 saturated heterocycles. The van der Waals surface area contributed by atoms with E-state index in [0.717, 1.165) is 18.4 Å². The van der Waals surface area contributed by atoms with Gasteiger partial charge in [-0.25, -0.2) is 0 Å². The zero-order valence-electron chi connectivity index (χ0n) is 12.0. The average molecular weight is 277 g/mol. The number of benzene rings is 1. The molecule has 0 radical (unpaired) electrons. The summed E-state index contributed by atoms with van der Waals surface area (Å²) in [6.45, 7) is 1.98. The van der Waals surface area contributed by atoms with E-state index in [9.17, 15) is 9.90 Å². The molecule has 1 aliphatic rings. The van der Waals surface area contributed by atoms with Gasteiger partial charge in [0.2, 0.25) is 0 Å². The van der Waals surface area contributed by atoms with Crippen molar-refractivity contribution in [3.8, 4) is 5.75 Å². The van der Waals surface area contributed by atoms with E-state index in [2.05, 4.69) is 5.32 Å². The quantitative estimate of drug-likeness (QED) is 0.840. The van der Waals surface area contributed by atoms with Crippen LogP contribution in [0.3, 0.4) is 0 Å². The maximum Gasteiger partial charge on any atom is 0.258 e. The topological polar surface area (TPSA) is 58.6 Å². The molecule has 1 amide bonds. The van der Waals surface area contributed by atoms with Crippen molar-refractivity contribution in [2.75, 3.05) is 6.61 Å². The first-order chi connectivity index (χ1) is 9.69. The fourth-order valence-electron chi connectivity index (χ4n) is 2.51. The highest BCUT2D eigenvalue weighted by Gasteiger charge is 2.17. The van der Waals surface area contributed by atoms with E-state index >= 15 is 0 Å². The van der Waals surface area contributed by atoms with E-state index in [1.54, 1.807) is 12.1 Å². The first-order valence-electron chi connectivity index (χ1n) is 7.39. The molecule has 1 aromatic rings. The summed E-state index contributed by atoms with van der Waals surface area (Å²) < 4.78 is 5.45. The molecule has 4 heteroatoms. The molecule has 2 rings (SSSR count). The van der Waals surface area contributed by atoms with Crippen LogP contribution in [-0.4, -0.2) is 23.7 Å². The third kappa shape index (κ3) is 4.23. The molecular weight excluding hydrogens is 254 g/mol. The summed E-state index contributed by atoms with van der Waals surface area (Å²) in [5.41, 5.74) is 0.871. The van der Waals surface area contributed by atoms with E-state index < -0.39 is 6.10 Å². The van der Waals surface area contributed by atoms with E-state index in [4.69, 9.17) is 4.74 Å². The number of carbonyl (C=O) groups is 1. The fourth-order valence-corrected chi connectivity index (χ4v) is 2.51. The number of carbonyl (C=O) groups excluding carboxylic acids is 1. The number of aliphatic hydroxyl groups is 1. The Bertz CT molecular complexity index is 424. The van der Waals surface area contributed by atoms with Gasteiger partial charge in [-0.2, -0.15) is 0 Å². The average Bonchev–Trinajstić information content (AvgIpc) is 2.97. The van der Waals surface area contributed by atoms with Crippen molar-refractivity contribution in [2.24, 2.45) is 0 Å². The molecule has 0 unspecified atom stereocenters. The van der Waals surface area contributed by atoms with Gasteiger partial charge in [-0.05, 0) is 37.0 Å². The Labute approximate surface area is 120 Å². The summed E-state index contributed by atoms with van der Waals surface area (Å²) in [5, 5.41) is 12.7. The first kappa shape index (κ1) is 14.9. The highest BCUT2D eigenvalue weighted by molar-refractivity contribution is 5.77. The van der Waals surface area contributed by atoms with Gasteiger partial charge in [0, 0.05) is 6.04 Å². The van der Waals surface area contributed by atoms with Gasteiger partial charge in [-0.1, -0.05) is 31.9 Å². The molecule has 1 atom stereocenters. The number of amides is 1. The summed E-state index contributed by atoms with van der Waals surface area (Å²) in [4.78, 5) is 11.7. The Morgan fingerprint density at radius 1 is 1.35 bits per heavy atom. The molecule has 4 nitrogen and oxygen atoms in total. The first-order valence-corrected chi connectivity index (χ1v) is 7.39. The van der Waals surface area contributed by atoms with Crippen LogP contribution in [-0.2, 0) is 4.79 Å². The highest BCUT2D eigenvalue weighted by atomic mass is 16.5. The standard InChI is InChI=1S/C16H23NO3/c1-2-15(18)12-7-9-14(10-8-12)20-11-16(19)17-13-5-3-4-6-13/h7-10,13,15,18H,2-6,11H2,1H3,(H,17,19)/t15-/m1/s1. The van der Waals surface area contributed by atoms with Gasteiger partial charge in [0.15, 0.2) is 6.61 Å². The maximum atomic E-state index is 11.7. The largest absolute Gasteiger partial charge is 0.484 e. The molecule has 0 spiro atoms. The lowest BCUT2D eigenvalue weighted by Crippen LogP contribution is -2.36. The molecular formula is C16H23NO3. The number of rotatable bonds is 6. The third-order valence-corrected chi connectivity index (χ3v) is 3.74. The van der Waals surface area contributed by atoms with Gasteiger partial charge < -0.3 is 15.2 Å². The molecule has 20 heavy (non-hydrogen) atoms. The monoisotopic (exact) mass is 277 g/mol. The molecule has 0 heterocycles. The molecule has 0 aliphatic heterocycles. The molecule has 1 aliphatic carbocycles. The molecule has 0 aromatic heterocycles. The summed E-state index contributed by atoms with van der Waals surface area (Å²) in [7, 11) is 0. The predicted molar refractivity (Wildman–Crippen MR) is 77.6 cm³/mol. The van der Waals surface area contributed by atoms with Crippen LogP contribution in [0.15, 0.2) is 24.3 Å². The molecule has 1 fully saturated rings. The van der Waals surface area contributed by atoms with Crippen molar-refractivity contribution >= 4 is 5.91 Å². The second kappa shape index (κ2) is 7.29. The zero-order chi connectivity index (χ0) is 14.4. The number of ether oxygens (including phenoxy) is 1. The minimum atomic E-state index is -0.435. The molecule has 1 aromatic carbocycles. The van der Waals surface area contributed by atoms with Crippen LogP contribution in [0.2, 0.25) is 0 Å². The summed E-state index contributed by atoms with van der Waals surface area (Å²) in [6.07, 6.45) is 4.81. The Balaban J connectivity index is 1.77. The van der Waals surface area contributed by atoms with Crippen molar-refractivity contribution in [3.63, 3.8) is 0 Å². The lowest BCUT2D eigenvalue weighted by molar-refractivity contribution is -0.123. The van der Waals surface area contributed by atoms with Crippen LogP contribution in [0.25, 0.3) is 0 Å². The van der Waals surface area contributed by atoms with Crippen molar-refractivity contribution < 1.29 is 14.6 Å². The lowest BCUT2D eigenvalue weighted by atomic mass is 10.1. The van der Waals surface area contributed by atoms with Crippen LogP contribution in [0.5, 0.6) is 5.75 Å². The predicted octanol–water partition coefficient (Wildman–Crippen LogP) is 2.57. The van der Waals surface area contributed by atoms with Crippen molar-refractivity contribution in [2.45, 2.75) is 51.2 Å². The second-order valence-corrected chi connectivity index (χ2v) is 5.33. The maximum absolute atomic E-state index is 11.7. The zero-order valence-corrected chi connectivity index (χ0v) is 12.0. The van der Waals surface area contributed by atoms with Gasteiger partial charge in [0.25, 0.3) is 5.91 Å². The third-order valence-electron chi connectivity index (χ3n) is 3.74. The normalized spacial score (nSPS) is 16.9. The number of nitrogens with one attached hydrogen (secondary N) is 1. The smallest absolute Gasteiger partial charge is 0.258 e. The number of hydrogen-bond donors (Lipinski definition) is 2. The Kier molecular flexibility index (Phi) is 5.41. The van der Waals surface area contributed by atoms with Gasteiger partial charge in [-0.3, -0.25) is 4.79 Å². The van der Waals surface area contributed by atoms with Crippen molar-refractivity contribution in [1.29, 1.82) is 0 Å². The van der Waals surface area contributed by atoms with Gasteiger partial charge in [0.1, 0.15) is 5.75 Å². The van der Waals surface area contributed by atoms with Crippen LogP contribution < -0.4 is 10.1 Å². The second-order valence-electron chi connectivity index (χ2n) is 5.33. The van der Waals surface area contributed by atoms with Crippen molar-refractivity contribution in [3.05, 3.63) is 29.8 Å². The van der Waals surface area contributed by atoms with Crippen LogP contribution >= 0.6 is 0 Å². The minimum absolute atomic E-state index is 0.0478. The molecule has 0 bridgehead atoms. The summed E-state index contributed by atoms with van der Waals surface area (Å²) in [5.74, 6) is 0.591. The van der Waals surface area contributed by atoms with Crippen LogP contribution in [0.1, 0.15) is 50.7 Å². The summed E-state index contributed by atoms with van der Waals surface area (Å²) >= 11 is 0. The van der Waals surface area contributed by atoms with Crippen molar-refractivity contribution in [1.82, 2.24) is 5.32 Å².